The lowest BCUT2D eigenvalue weighted by molar-refractivity contribution is 0.177. The highest BCUT2D eigenvalue weighted by atomic mass is 35.5. The van der Waals surface area contributed by atoms with Crippen LogP contribution in [0.3, 0.4) is 0 Å². The molecule has 0 bridgehead atoms. The number of pyridine rings is 1. The van der Waals surface area contributed by atoms with Crippen molar-refractivity contribution >= 4 is 17.4 Å². The lowest BCUT2D eigenvalue weighted by atomic mass is 10.1. The van der Waals surface area contributed by atoms with Crippen molar-refractivity contribution in [3.05, 3.63) is 35.1 Å². The summed E-state index contributed by atoms with van der Waals surface area (Å²) in [5.41, 5.74) is 0. The number of halogens is 1. The molecule has 1 aliphatic heterocycles. The number of hydrogen-bond donors (Lipinski definition) is 0. The van der Waals surface area contributed by atoms with Crippen molar-refractivity contribution in [2.75, 3.05) is 31.6 Å². The largest absolute Gasteiger partial charge is 0.352 e. The van der Waals surface area contributed by atoms with Crippen LogP contribution in [-0.4, -0.2) is 46.7 Å². The van der Waals surface area contributed by atoms with Crippen LogP contribution >= 0.6 is 11.6 Å². The molecule has 1 atom stereocenters. The van der Waals surface area contributed by atoms with Gasteiger partial charge in [-0.05, 0) is 26.1 Å². The Kier molecular flexibility index (Phi) is 3.58. The molecule has 6 nitrogen and oxygen atoms in total. The summed E-state index contributed by atoms with van der Waals surface area (Å²) in [6.45, 7) is 4.31. The van der Waals surface area contributed by atoms with E-state index >= 15 is 0 Å². The maximum absolute atomic E-state index is 6.22. The lowest BCUT2D eigenvalue weighted by Crippen LogP contribution is -2.47. The van der Waals surface area contributed by atoms with Gasteiger partial charge in [0.05, 0.1) is 5.02 Å². The van der Waals surface area contributed by atoms with Crippen molar-refractivity contribution in [2.24, 2.45) is 0 Å². The molecule has 0 amide bonds. The number of anilines is 1. The number of rotatable bonds is 2. The average Bonchev–Trinajstić information content (AvgIpc) is 2.87. The molecule has 0 radical (unpaired) electrons. The Hall–Kier alpha value is -1.66. The van der Waals surface area contributed by atoms with Crippen molar-refractivity contribution in [3.8, 4) is 0 Å². The third-order valence-corrected chi connectivity index (χ3v) is 3.81. The van der Waals surface area contributed by atoms with Gasteiger partial charge in [-0.2, -0.15) is 4.98 Å². The van der Waals surface area contributed by atoms with Gasteiger partial charge in [0.15, 0.2) is 5.82 Å². The first-order valence-corrected chi connectivity index (χ1v) is 6.89. The van der Waals surface area contributed by atoms with Crippen LogP contribution in [0.4, 0.5) is 5.82 Å². The van der Waals surface area contributed by atoms with E-state index in [1.807, 2.05) is 19.1 Å². The zero-order valence-electron chi connectivity index (χ0n) is 11.5. The van der Waals surface area contributed by atoms with Crippen LogP contribution in [0.2, 0.25) is 5.02 Å². The Morgan fingerprint density at radius 3 is 2.95 bits per heavy atom. The fourth-order valence-electron chi connectivity index (χ4n) is 2.39. The molecular weight excluding hydrogens is 278 g/mol. The molecule has 0 saturated carbocycles. The molecule has 3 heterocycles. The first kappa shape index (κ1) is 13.3. The smallest absolute Gasteiger partial charge is 0.245 e. The van der Waals surface area contributed by atoms with E-state index in [4.69, 9.17) is 16.1 Å². The summed E-state index contributed by atoms with van der Waals surface area (Å²) >= 11 is 6.22. The van der Waals surface area contributed by atoms with E-state index in [1.54, 1.807) is 6.20 Å². The van der Waals surface area contributed by atoms with Gasteiger partial charge in [-0.25, -0.2) is 4.98 Å². The Bertz CT molecular complexity index is 602. The quantitative estimate of drug-likeness (QED) is 0.843. The predicted molar refractivity (Wildman–Crippen MR) is 75.9 cm³/mol. The molecule has 1 saturated heterocycles. The van der Waals surface area contributed by atoms with Crippen molar-refractivity contribution in [1.82, 2.24) is 20.0 Å². The Morgan fingerprint density at radius 1 is 1.40 bits per heavy atom. The third-order valence-electron chi connectivity index (χ3n) is 3.51. The highest BCUT2D eigenvalue weighted by Gasteiger charge is 2.31. The first-order valence-electron chi connectivity index (χ1n) is 6.51. The molecule has 0 aromatic carbocycles. The van der Waals surface area contributed by atoms with Gasteiger partial charge in [-0.3, -0.25) is 4.90 Å². The predicted octanol–water partition coefficient (Wildman–Crippen LogP) is 1.92. The maximum Gasteiger partial charge on any atom is 0.245 e. The SMILES string of the molecule is Cc1noc(C2CN(c3ncccc3Cl)CCN2C)n1. The molecule has 0 N–H and O–H groups in total. The summed E-state index contributed by atoms with van der Waals surface area (Å²) in [4.78, 5) is 13.1. The fraction of sp³-hybridized carbons (Fsp3) is 0.462. The van der Waals surface area contributed by atoms with Crippen molar-refractivity contribution in [3.63, 3.8) is 0 Å². The van der Waals surface area contributed by atoms with Gasteiger partial charge < -0.3 is 9.42 Å². The van der Waals surface area contributed by atoms with Crippen LogP contribution in [0.25, 0.3) is 0 Å². The number of aromatic nitrogens is 3. The molecule has 20 heavy (non-hydrogen) atoms. The minimum absolute atomic E-state index is 0.0584. The fourth-order valence-corrected chi connectivity index (χ4v) is 2.63. The van der Waals surface area contributed by atoms with Crippen LogP contribution in [0.5, 0.6) is 0 Å². The van der Waals surface area contributed by atoms with Crippen LogP contribution < -0.4 is 4.90 Å². The molecule has 0 spiro atoms. The second-order valence-corrected chi connectivity index (χ2v) is 5.34. The van der Waals surface area contributed by atoms with Crippen molar-refractivity contribution in [2.45, 2.75) is 13.0 Å². The molecule has 1 aliphatic rings. The molecule has 7 heteroatoms. The summed E-state index contributed by atoms with van der Waals surface area (Å²) < 4.78 is 5.31. The van der Waals surface area contributed by atoms with E-state index < -0.39 is 0 Å². The topological polar surface area (TPSA) is 58.3 Å². The number of hydrogen-bond acceptors (Lipinski definition) is 6. The minimum atomic E-state index is 0.0584. The lowest BCUT2D eigenvalue weighted by Gasteiger charge is -2.38. The van der Waals surface area contributed by atoms with Gasteiger partial charge in [0.1, 0.15) is 11.9 Å². The number of aryl methyl sites for hydroxylation is 1. The van der Waals surface area contributed by atoms with Crippen LogP contribution in [0.1, 0.15) is 17.8 Å². The Balaban J connectivity index is 1.85. The number of piperazine rings is 1. The summed E-state index contributed by atoms with van der Waals surface area (Å²) in [6.07, 6.45) is 1.76. The second kappa shape index (κ2) is 5.38. The summed E-state index contributed by atoms with van der Waals surface area (Å²) in [6, 6.07) is 3.75. The van der Waals surface area contributed by atoms with Gasteiger partial charge in [-0.1, -0.05) is 16.8 Å². The minimum Gasteiger partial charge on any atom is -0.352 e. The van der Waals surface area contributed by atoms with Crippen molar-refractivity contribution in [1.29, 1.82) is 0 Å². The highest BCUT2D eigenvalue weighted by molar-refractivity contribution is 6.32. The molecule has 3 rings (SSSR count). The van der Waals surface area contributed by atoms with E-state index in [1.165, 1.54) is 0 Å². The third kappa shape index (κ3) is 2.48. The molecule has 1 fully saturated rings. The molecule has 0 aliphatic carbocycles. The van der Waals surface area contributed by atoms with E-state index in [2.05, 4.69) is 32.0 Å². The normalized spacial score (nSPS) is 20.4. The standard InChI is InChI=1S/C13H16ClN5O/c1-9-16-13(20-17-9)11-8-19(7-6-18(11)2)12-10(14)4-3-5-15-12/h3-5,11H,6-8H2,1-2H3. The molecule has 1 unspecified atom stereocenters. The molecule has 106 valence electrons. The zero-order chi connectivity index (χ0) is 14.1. The molecular formula is C13H16ClN5O. The van der Waals surface area contributed by atoms with Gasteiger partial charge in [0, 0.05) is 25.8 Å². The highest BCUT2D eigenvalue weighted by Crippen LogP contribution is 2.29. The maximum atomic E-state index is 6.22. The first-order chi connectivity index (χ1) is 9.65. The van der Waals surface area contributed by atoms with Gasteiger partial charge in [-0.15, -0.1) is 0 Å². The average molecular weight is 294 g/mol. The monoisotopic (exact) mass is 293 g/mol. The zero-order valence-corrected chi connectivity index (χ0v) is 12.2. The van der Waals surface area contributed by atoms with Gasteiger partial charge >= 0.3 is 0 Å². The van der Waals surface area contributed by atoms with E-state index in [9.17, 15) is 0 Å². The van der Waals surface area contributed by atoms with Crippen molar-refractivity contribution < 1.29 is 4.52 Å². The summed E-state index contributed by atoms with van der Waals surface area (Å²) in [5.74, 6) is 2.10. The number of likely N-dealkylation sites (N-methyl/N-ethyl adjacent to an activating group) is 1. The molecule has 2 aromatic heterocycles. The van der Waals surface area contributed by atoms with E-state index in [-0.39, 0.29) is 6.04 Å². The van der Waals surface area contributed by atoms with Crippen LogP contribution in [-0.2, 0) is 0 Å². The Morgan fingerprint density at radius 2 is 2.25 bits per heavy atom. The summed E-state index contributed by atoms with van der Waals surface area (Å²) in [5, 5.41) is 4.53. The number of nitrogens with zero attached hydrogens (tertiary/aromatic N) is 5. The second-order valence-electron chi connectivity index (χ2n) is 4.93. The Labute approximate surface area is 122 Å². The molecule has 2 aromatic rings. The van der Waals surface area contributed by atoms with E-state index in [0.717, 1.165) is 25.5 Å². The van der Waals surface area contributed by atoms with Crippen LogP contribution in [0.15, 0.2) is 22.9 Å². The van der Waals surface area contributed by atoms with Gasteiger partial charge in [0.25, 0.3) is 0 Å². The van der Waals surface area contributed by atoms with Crippen LogP contribution in [0, 0.1) is 6.92 Å². The van der Waals surface area contributed by atoms with E-state index in [0.29, 0.717) is 16.7 Å². The summed E-state index contributed by atoms with van der Waals surface area (Å²) in [7, 11) is 2.06. The van der Waals surface area contributed by atoms with Gasteiger partial charge in [0.2, 0.25) is 5.89 Å².